The first-order valence-electron chi connectivity index (χ1n) is 7.87. The van der Waals surface area contributed by atoms with E-state index >= 15 is 0 Å². The van der Waals surface area contributed by atoms with Crippen molar-refractivity contribution in [2.45, 2.75) is 44.7 Å². The fourth-order valence-electron chi connectivity index (χ4n) is 3.90. The zero-order valence-corrected chi connectivity index (χ0v) is 13.4. The molecule has 1 aliphatic heterocycles. The van der Waals surface area contributed by atoms with Crippen molar-refractivity contribution in [3.63, 3.8) is 0 Å². The van der Waals surface area contributed by atoms with E-state index in [4.69, 9.17) is 0 Å². The fraction of sp³-hybridized carbons (Fsp3) is 0.368. The van der Waals surface area contributed by atoms with Gasteiger partial charge in [0.05, 0.1) is 0 Å². The highest BCUT2D eigenvalue weighted by atomic mass is 32.1. The molecule has 1 N–H and O–H groups in total. The van der Waals surface area contributed by atoms with E-state index in [-0.39, 0.29) is 0 Å². The Morgan fingerprint density at radius 3 is 3.00 bits per heavy atom. The van der Waals surface area contributed by atoms with E-state index in [1.165, 1.54) is 27.8 Å². The maximum absolute atomic E-state index is 3.77. The molecule has 3 atom stereocenters. The van der Waals surface area contributed by atoms with E-state index < -0.39 is 0 Å². The van der Waals surface area contributed by atoms with Crippen LogP contribution in [0.4, 0.5) is 0 Å². The molecule has 4 rings (SSSR count). The van der Waals surface area contributed by atoms with Crippen molar-refractivity contribution in [1.82, 2.24) is 5.32 Å². The molecule has 0 saturated carbocycles. The fourth-order valence-corrected chi connectivity index (χ4v) is 5.17. The summed E-state index contributed by atoms with van der Waals surface area (Å²) in [6, 6.07) is 9.87. The van der Waals surface area contributed by atoms with Crippen molar-refractivity contribution >= 4 is 27.5 Å². The lowest BCUT2D eigenvalue weighted by atomic mass is 9.82. The van der Waals surface area contributed by atoms with Crippen LogP contribution in [0.1, 0.15) is 43.0 Å². The molecule has 2 aliphatic rings. The molecule has 21 heavy (non-hydrogen) atoms. The van der Waals surface area contributed by atoms with Crippen molar-refractivity contribution < 1.29 is 0 Å². The molecule has 2 heteroatoms. The number of fused-ring (bicyclic) bond motifs is 6. The summed E-state index contributed by atoms with van der Waals surface area (Å²) < 4.78 is 1.44. The van der Waals surface area contributed by atoms with Crippen LogP contribution in [0.3, 0.4) is 0 Å². The third kappa shape index (κ3) is 2.18. The van der Waals surface area contributed by atoms with Crippen molar-refractivity contribution in [3.8, 4) is 0 Å². The molecule has 2 heterocycles. The molecule has 2 unspecified atom stereocenters. The minimum atomic E-state index is 0.481. The summed E-state index contributed by atoms with van der Waals surface area (Å²) in [6.45, 7) is 4.43. The van der Waals surface area contributed by atoms with Gasteiger partial charge < -0.3 is 5.32 Å². The number of hydrogen-bond donors (Lipinski definition) is 1. The summed E-state index contributed by atoms with van der Waals surface area (Å²) in [5.74, 6) is 0.662. The van der Waals surface area contributed by atoms with Crippen LogP contribution in [0.15, 0.2) is 42.0 Å². The molecule has 0 spiro atoms. The Bertz CT molecular complexity index is 737. The van der Waals surface area contributed by atoms with E-state index in [1.807, 2.05) is 11.3 Å². The molecule has 108 valence electrons. The molecule has 1 aliphatic carbocycles. The lowest BCUT2D eigenvalue weighted by molar-refractivity contribution is 0.522. The highest BCUT2D eigenvalue weighted by Gasteiger charge is 2.32. The van der Waals surface area contributed by atoms with Gasteiger partial charge in [0.25, 0.3) is 0 Å². The summed E-state index contributed by atoms with van der Waals surface area (Å²) in [4.78, 5) is 1.50. The standard InChI is InChI=1S/C19H21NS/c1-3-6-15-10-14-9-13(12(2)20-15)11-18-19(14)16-7-4-5-8-17(16)21-18/h3-8,11-12,14-15,20H,9-10H2,1-2H3/b6-3-/t12-,14?,15?/m1/s1. The monoisotopic (exact) mass is 295 g/mol. The van der Waals surface area contributed by atoms with Crippen molar-refractivity contribution in [2.75, 3.05) is 0 Å². The van der Waals surface area contributed by atoms with Crippen LogP contribution in [0.2, 0.25) is 0 Å². The van der Waals surface area contributed by atoms with Gasteiger partial charge in [0.15, 0.2) is 0 Å². The zero-order chi connectivity index (χ0) is 14.4. The normalized spacial score (nSPS) is 28.5. The van der Waals surface area contributed by atoms with Crippen LogP contribution in [-0.4, -0.2) is 12.1 Å². The SMILES string of the molecule is C/C=C\C1CC2CC(=Cc3sc4ccccc4c32)[C@@H](C)N1. The Hall–Kier alpha value is -1.38. The summed E-state index contributed by atoms with van der Waals surface area (Å²) in [6.07, 6.45) is 9.38. The van der Waals surface area contributed by atoms with Crippen molar-refractivity contribution in [2.24, 2.45) is 0 Å². The van der Waals surface area contributed by atoms with Crippen molar-refractivity contribution in [1.29, 1.82) is 0 Å². The first kappa shape index (κ1) is 13.3. The molecule has 1 saturated heterocycles. The smallest absolute Gasteiger partial charge is 0.0352 e. The van der Waals surface area contributed by atoms with Crippen molar-refractivity contribution in [3.05, 3.63) is 52.4 Å². The van der Waals surface area contributed by atoms with Crippen LogP contribution >= 0.6 is 11.3 Å². The van der Waals surface area contributed by atoms with E-state index in [2.05, 4.69) is 61.7 Å². The van der Waals surface area contributed by atoms with Crippen LogP contribution in [0.25, 0.3) is 16.2 Å². The number of hydrogen-bond acceptors (Lipinski definition) is 2. The van der Waals surface area contributed by atoms with Gasteiger partial charge in [0.1, 0.15) is 0 Å². The van der Waals surface area contributed by atoms with Gasteiger partial charge in [-0.3, -0.25) is 0 Å². The highest BCUT2D eigenvalue weighted by Crippen LogP contribution is 2.46. The van der Waals surface area contributed by atoms with E-state index in [9.17, 15) is 0 Å². The minimum absolute atomic E-state index is 0.481. The number of thiophene rings is 1. The highest BCUT2D eigenvalue weighted by molar-refractivity contribution is 7.20. The second-order valence-electron chi connectivity index (χ2n) is 6.25. The van der Waals surface area contributed by atoms with E-state index in [0.29, 0.717) is 18.0 Å². The van der Waals surface area contributed by atoms with Gasteiger partial charge in [-0.15, -0.1) is 11.3 Å². The molecule has 1 fully saturated rings. The molecule has 2 aromatic rings. The zero-order valence-electron chi connectivity index (χ0n) is 12.6. The second-order valence-corrected chi connectivity index (χ2v) is 7.34. The summed E-state index contributed by atoms with van der Waals surface area (Å²) in [5.41, 5.74) is 3.18. The molecule has 1 aromatic carbocycles. The Balaban J connectivity index is 1.88. The van der Waals surface area contributed by atoms with Gasteiger partial charge in [-0.05, 0) is 55.7 Å². The van der Waals surface area contributed by atoms with E-state index in [1.54, 1.807) is 11.1 Å². The third-order valence-corrected chi connectivity index (χ3v) is 5.99. The van der Waals surface area contributed by atoms with Crippen LogP contribution in [0, 0.1) is 0 Å². The maximum atomic E-state index is 3.77. The average molecular weight is 295 g/mol. The van der Waals surface area contributed by atoms with Crippen LogP contribution in [-0.2, 0) is 0 Å². The molecule has 1 aromatic heterocycles. The largest absolute Gasteiger partial charge is 0.304 e. The number of nitrogens with one attached hydrogen (secondary N) is 1. The van der Waals surface area contributed by atoms with Gasteiger partial charge in [0.2, 0.25) is 0 Å². The Morgan fingerprint density at radius 1 is 1.29 bits per heavy atom. The second kappa shape index (κ2) is 5.11. The lowest BCUT2D eigenvalue weighted by Gasteiger charge is -2.22. The molecule has 2 bridgehead atoms. The van der Waals surface area contributed by atoms with Gasteiger partial charge in [-0.2, -0.15) is 0 Å². The molecular formula is C19H21NS. The minimum Gasteiger partial charge on any atom is -0.304 e. The Labute approximate surface area is 130 Å². The lowest BCUT2D eigenvalue weighted by Crippen LogP contribution is -2.34. The predicted octanol–water partition coefficient (Wildman–Crippen LogP) is 5.10. The predicted molar refractivity (Wildman–Crippen MR) is 93.0 cm³/mol. The molecular weight excluding hydrogens is 274 g/mol. The summed E-state index contributed by atoms with van der Waals surface area (Å²) >= 11 is 1.96. The number of rotatable bonds is 1. The van der Waals surface area contributed by atoms with Gasteiger partial charge in [-0.25, -0.2) is 0 Å². The van der Waals surface area contributed by atoms with E-state index in [0.717, 1.165) is 0 Å². The van der Waals surface area contributed by atoms with Gasteiger partial charge in [0, 0.05) is 21.7 Å². The average Bonchev–Trinajstić information content (AvgIpc) is 2.80. The first-order chi connectivity index (χ1) is 10.3. The third-order valence-electron chi connectivity index (χ3n) is 4.85. The molecule has 0 radical (unpaired) electrons. The quantitative estimate of drug-likeness (QED) is 0.722. The summed E-state index contributed by atoms with van der Waals surface area (Å²) in [5, 5.41) is 5.25. The topological polar surface area (TPSA) is 12.0 Å². The Morgan fingerprint density at radius 2 is 2.14 bits per heavy atom. The van der Waals surface area contributed by atoms with Crippen LogP contribution < -0.4 is 5.32 Å². The number of allylic oxidation sites excluding steroid dienone is 1. The van der Waals surface area contributed by atoms with Crippen LogP contribution in [0.5, 0.6) is 0 Å². The number of benzene rings is 1. The summed E-state index contributed by atoms with van der Waals surface area (Å²) in [7, 11) is 0. The first-order valence-corrected chi connectivity index (χ1v) is 8.68. The molecule has 0 amide bonds. The maximum Gasteiger partial charge on any atom is 0.0352 e. The Kier molecular flexibility index (Phi) is 3.24. The van der Waals surface area contributed by atoms with Gasteiger partial charge in [-0.1, -0.05) is 35.9 Å². The van der Waals surface area contributed by atoms with Gasteiger partial charge >= 0.3 is 0 Å². The molecule has 1 nitrogen and oxygen atoms in total.